The fourth-order valence-electron chi connectivity index (χ4n) is 0.312. The quantitative estimate of drug-likeness (QED) is 0.446. The van der Waals surface area contributed by atoms with Crippen molar-refractivity contribution in [3.8, 4) is 0 Å². The summed E-state index contributed by atoms with van der Waals surface area (Å²) in [5, 5.41) is 2.69. The molecule has 0 aliphatic rings. The molecule has 0 aromatic rings. The zero-order valence-corrected chi connectivity index (χ0v) is 7.57. The molecule has 0 rings (SSSR count). The van der Waals surface area contributed by atoms with Gasteiger partial charge in [0, 0.05) is 16.5 Å². The Balaban J connectivity index is 3.39. The Morgan fingerprint density at radius 1 is 1.78 bits per heavy atom. The zero-order chi connectivity index (χ0) is 7.28. The lowest BCUT2D eigenvalue weighted by molar-refractivity contribution is -0.117. The van der Waals surface area contributed by atoms with E-state index in [1.807, 2.05) is 0 Å². The molecule has 0 saturated carbocycles. The van der Waals surface area contributed by atoms with Gasteiger partial charge < -0.3 is 5.32 Å². The van der Waals surface area contributed by atoms with E-state index in [9.17, 15) is 4.79 Å². The Kier molecular flexibility index (Phi) is 4.75. The number of carbonyl (C=O) groups is 1. The largest absolute Gasteiger partial charge is 0.352 e. The number of alkyl halides is 1. The van der Waals surface area contributed by atoms with E-state index in [0.29, 0.717) is 5.57 Å². The van der Waals surface area contributed by atoms with Gasteiger partial charge in [-0.15, -0.1) is 0 Å². The SMILES string of the molecule is C=C(C)C(=O)NCCI. The van der Waals surface area contributed by atoms with Crippen LogP contribution in [0.25, 0.3) is 0 Å². The molecule has 0 atom stereocenters. The highest BCUT2D eigenvalue weighted by molar-refractivity contribution is 14.1. The normalized spacial score (nSPS) is 8.67. The van der Waals surface area contributed by atoms with E-state index in [2.05, 4.69) is 34.5 Å². The third kappa shape index (κ3) is 4.44. The molecule has 0 heterocycles. The van der Waals surface area contributed by atoms with Crippen LogP contribution in [-0.4, -0.2) is 16.9 Å². The van der Waals surface area contributed by atoms with Crippen molar-refractivity contribution in [3.63, 3.8) is 0 Å². The van der Waals surface area contributed by atoms with Gasteiger partial charge in [-0.2, -0.15) is 0 Å². The van der Waals surface area contributed by atoms with Crippen LogP contribution in [-0.2, 0) is 4.79 Å². The second-order valence-corrected chi connectivity index (χ2v) is 2.80. The molecule has 52 valence electrons. The molecule has 0 aromatic heterocycles. The van der Waals surface area contributed by atoms with Gasteiger partial charge in [0.25, 0.3) is 0 Å². The smallest absolute Gasteiger partial charge is 0.246 e. The molecule has 1 N–H and O–H groups in total. The van der Waals surface area contributed by atoms with Crippen LogP contribution in [0.15, 0.2) is 12.2 Å². The average molecular weight is 239 g/mol. The molecule has 0 fully saturated rings. The first-order valence-electron chi connectivity index (χ1n) is 2.68. The minimum atomic E-state index is -0.0494. The van der Waals surface area contributed by atoms with Gasteiger partial charge in [-0.3, -0.25) is 4.79 Å². The minimum Gasteiger partial charge on any atom is -0.352 e. The second kappa shape index (κ2) is 4.78. The van der Waals surface area contributed by atoms with Crippen LogP contribution in [0.3, 0.4) is 0 Å². The van der Waals surface area contributed by atoms with Gasteiger partial charge in [0.15, 0.2) is 0 Å². The molecule has 0 unspecified atom stereocenters. The van der Waals surface area contributed by atoms with E-state index in [4.69, 9.17) is 0 Å². The van der Waals surface area contributed by atoms with Gasteiger partial charge in [0.1, 0.15) is 0 Å². The van der Waals surface area contributed by atoms with Crippen LogP contribution in [0, 0.1) is 0 Å². The second-order valence-electron chi connectivity index (χ2n) is 1.73. The van der Waals surface area contributed by atoms with Crippen LogP contribution >= 0.6 is 22.6 Å². The maximum atomic E-state index is 10.7. The lowest BCUT2D eigenvalue weighted by Gasteiger charge is -1.99. The molecule has 9 heavy (non-hydrogen) atoms. The number of carbonyl (C=O) groups excluding carboxylic acids is 1. The number of nitrogens with one attached hydrogen (secondary N) is 1. The van der Waals surface area contributed by atoms with Gasteiger partial charge in [-0.25, -0.2) is 0 Å². The van der Waals surface area contributed by atoms with E-state index >= 15 is 0 Å². The Labute approximate surface area is 68.8 Å². The highest BCUT2D eigenvalue weighted by Gasteiger charge is 1.96. The van der Waals surface area contributed by atoms with Crippen LogP contribution in [0.5, 0.6) is 0 Å². The standard InChI is InChI=1S/C6H10INO/c1-5(2)6(9)8-4-3-7/h1,3-4H2,2H3,(H,8,9). The maximum absolute atomic E-state index is 10.7. The molecule has 0 saturated heterocycles. The van der Waals surface area contributed by atoms with Gasteiger partial charge in [-0.1, -0.05) is 29.2 Å². The minimum absolute atomic E-state index is 0.0494. The van der Waals surface area contributed by atoms with Crippen LogP contribution in [0.2, 0.25) is 0 Å². The summed E-state index contributed by atoms with van der Waals surface area (Å²) in [6.07, 6.45) is 0. The molecule has 0 bridgehead atoms. The number of amides is 1. The summed E-state index contributed by atoms with van der Waals surface area (Å²) in [6.45, 7) is 5.92. The van der Waals surface area contributed by atoms with Crippen molar-refractivity contribution in [2.75, 3.05) is 11.0 Å². The van der Waals surface area contributed by atoms with E-state index in [-0.39, 0.29) is 5.91 Å². The van der Waals surface area contributed by atoms with Crippen LogP contribution in [0.4, 0.5) is 0 Å². The molecule has 1 amide bonds. The third-order valence-corrected chi connectivity index (χ3v) is 1.31. The summed E-state index contributed by atoms with van der Waals surface area (Å²) in [6, 6.07) is 0. The first-order chi connectivity index (χ1) is 4.18. The Bertz CT molecular complexity index is 122. The van der Waals surface area contributed by atoms with Crippen LogP contribution < -0.4 is 5.32 Å². The number of hydrogen-bond donors (Lipinski definition) is 1. The maximum Gasteiger partial charge on any atom is 0.246 e. The van der Waals surface area contributed by atoms with Gasteiger partial charge in [0.05, 0.1) is 0 Å². The number of halogens is 1. The first kappa shape index (κ1) is 8.94. The summed E-state index contributed by atoms with van der Waals surface area (Å²) in [5.41, 5.74) is 0.569. The summed E-state index contributed by atoms with van der Waals surface area (Å²) in [5.74, 6) is -0.0494. The molecule has 2 nitrogen and oxygen atoms in total. The summed E-state index contributed by atoms with van der Waals surface area (Å²) in [7, 11) is 0. The number of hydrogen-bond acceptors (Lipinski definition) is 1. The van der Waals surface area contributed by atoms with E-state index in [1.165, 1.54) is 0 Å². The molecule has 0 aliphatic heterocycles. The van der Waals surface area contributed by atoms with Crippen molar-refractivity contribution in [1.29, 1.82) is 0 Å². The van der Waals surface area contributed by atoms with E-state index in [0.717, 1.165) is 11.0 Å². The summed E-state index contributed by atoms with van der Waals surface area (Å²) < 4.78 is 0.941. The Hall–Kier alpha value is -0.0600. The van der Waals surface area contributed by atoms with E-state index in [1.54, 1.807) is 6.92 Å². The predicted molar refractivity (Wildman–Crippen MR) is 46.7 cm³/mol. The third-order valence-electron chi connectivity index (χ3n) is 0.768. The van der Waals surface area contributed by atoms with E-state index < -0.39 is 0 Å². The highest BCUT2D eigenvalue weighted by atomic mass is 127. The van der Waals surface area contributed by atoms with Gasteiger partial charge >= 0.3 is 0 Å². The fraction of sp³-hybridized carbons (Fsp3) is 0.500. The molecule has 0 aliphatic carbocycles. The molecular formula is C6H10INO. The van der Waals surface area contributed by atoms with Crippen molar-refractivity contribution in [1.82, 2.24) is 5.32 Å². The van der Waals surface area contributed by atoms with Crippen molar-refractivity contribution >= 4 is 28.5 Å². The first-order valence-corrected chi connectivity index (χ1v) is 4.20. The van der Waals surface area contributed by atoms with Crippen molar-refractivity contribution < 1.29 is 4.79 Å². The Morgan fingerprint density at radius 3 is 2.67 bits per heavy atom. The molecular weight excluding hydrogens is 229 g/mol. The highest BCUT2D eigenvalue weighted by Crippen LogP contribution is 1.85. The lowest BCUT2D eigenvalue weighted by atomic mass is 10.3. The molecule has 0 spiro atoms. The lowest BCUT2D eigenvalue weighted by Crippen LogP contribution is -2.25. The Morgan fingerprint density at radius 2 is 2.33 bits per heavy atom. The zero-order valence-electron chi connectivity index (χ0n) is 5.41. The van der Waals surface area contributed by atoms with Crippen molar-refractivity contribution in [2.45, 2.75) is 6.92 Å². The molecule has 0 radical (unpaired) electrons. The van der Waals surface area contributed by atoms with Crippen molar-refractivity contribution in [3.05, 3.63) is 12.2 Å². The topological polar surface area (TPSA) is 29.1 Å². The number of rotatable bonds is 3. The molecule has 3 heteroatoms. The van der Waals surface area contributed by atoms with Crippen LogP contribution in [0.1, 0.15) is 6.92 Å². The fourth-order valence-corrected chi connectivity index (χ4v) is 0.581. The van der Waals surface area contributed by atoms with Gasteiger partial charge in [0.2, 0.25) is 5.91 Å². The summed E-state index contributed by atoms with van der Waals surface area (Å²) >= 11 is 2.20. The monoisotopic (exact) mass is 239 g/mol. The molecule has 0 aromatic carbocycles. The average Bonchev–Trinajstić information content (AvgIpc) is 1.82. The van der Waals surface area contributed by atoms with Crippen molar-refractivity contribution in [2.24, 2.45) is 0 Å². The predicted octanol–water partition coefficient (Wildman–Crippen LogP) is 1.11. The summed E-state index contributed by atoms with van der Waals surface area (Å²) in [4.78, 5) is 10.7. The van der Waals surface area contributed by atoms with Gasteiger partial charge in [-0.05, 0) is 6.92 Å².